The summed E-state index contributed by atoms with van der Waals surface area (Å²) >= 11 is 1.82. The molecule has 1 aliphatic carbocycles. The molecule has 5 nitrogen and oxygen atoms in total. The monoisotopic (exact) mass is 476 g/mol. The summed E-state index contributed by atoms with van der Waals surface area (Å²) < 4.78 is 34.3. The molecular formula is C17H27ClN2O3RuS. The van der Waals surface area contributed by atoms with E-state index in [9.17, 15) is 8.42 Å². The molecule has 0 aliphatic heterocycles. The average molecular weight is 476 g/mol. The number of sulfonamides is 1. The molecule has 2 unspecified atom stereocenters. The minimum absolute atomic E-state index is 0. The number of benzene rings is 1. The van der Waals surface area contributed by atoms with Crippen molar-refractivity contribution in [2.75, 3.05) is 0 Å². The van der Waals surface area contributed by atoms with Crippen LogP contribution in [0, 0.1) is 7.43 Å². The second-order valence-electron chi connectivity index (χ2n) is 6.06. The van der Waals surface area contributed by atoms with Gasteiger partial charge in [-0.25, -0.2) is 8.42 Å². The van der Waals surface area contributed by atoms with Gasteiger partial charge in [0.2, 0.25) is 0 Å². The van der Waals surface area contributed by atoms with E-state index in [0.29, 0.717) is 17.7 Å². The van der Waals surface area contributed by atoms with E-state index in [4.69, 9.17) is 10.5 Å². The van der Waals surface area contributed by atoms with Gasteiger partial charge in [0.1, 0.15) is 5.75 Å². The van der Waals surface area contributed by atoms with Crippen molar-refractivity contribution < 1.29 is 30.5 Å². The molecule has 8 heteroatoms. The molecule has 2 rings (SSSR count). The fourth-order valence-electron chi connectivity index (χ4n) is 2.67. The van der Waals surface area contributed by atoms with Gasteiger partial charge >= 0.3 is 27.0 Å². The van der Waals surface area contributed by atoms with Gasteiger partial charge in [-0.2, -0.15) is 6.04 Å². The van der Waals surface area contributed by atoms with Crippen molar-refractivity contribution in [2.45, 2.75) is 63.5 Å². The van der Waals surface area contributed by atoms with Crippen LogP contribution in [0.2, 0.25) is 0 Å². The molecule has 0 saturated heterocycles. The number of halogens is 1. The van der Waals surface area contributed by atoms with Gasteiger partial charge in [0, 0.05) is 5.56 Å². The summed E-state index contributed by atoms with van der Waals surface area (Å²) in [6, 6.07) is 6.36. The second kappa shape index (κ2) is 12.2. The Kier molecular flexibility index (Phi) is 12.1. The van der Waals surface area contributed by atoms with Crippen molar-refractivity contribution in [3.8, 4) is 5.75 Å². The van der Waals surface area contributed by atoms with Gasteiger partial charge in [0.15, 0.2) is 0 Å². The number of hydrogen-bond acceptors (Lipinski definition) is 3. The van der Waals surface area contributed by atoms with Crippen LogP contribution in [-0.4, -0.2) is 26.6 Å². The predicted molar refractivity (Wildman–Crippen MR) is 101 cm³/mol. The molecular weight excluding hydrogens is 449 g/mol. The van der Waals surface area contributed by atoms with Gasteiger partial charge in [-0.3, -0.25) is 0 Å². The molecule has 1 aromatic carbocycles. The van der Waals surface area contributed by atoms with Crippen LogP contribution in [0.15, 0.2) is 24.3 Å². The molecule has 0 amide bonds. The van der Waals surface area contributed by atoms with Gasteiger partial charge in [0.05, 0.1) is 21.9 Å². The van der Waals surface area contributed by atoms with Crippen molar-refractivity contribution >= 4 is 19.7 Å². The zero-order chi connectivity index (χ0) is 18.2. The Bertz CT molecular complexity index is 599. The topological polar surface area (TPSA) is 81.3 Å². The molecule has 1 aliphatic rings. The van der Waals surface area contributed by atoms with Crippen molar-refractivity contribution in [1.82, 2.24) is 0 Å². The number of para-hydroxylation sites is 1. The molecule has 144 valence electrons. The van der Waals surface area contributed by atoms with Crippen LogP contribution < -0.4 is 4.74 Å². The van der Waals surface area contributed by atoms with E-state index in [1.54, 1.807) is 18.2 Å². The molecule has 0 radical (unpaired) electrons. The predicted octanol–water partition coefficient (Wildman–Crippen LogP) is 5.18. The Hall–Kier alpha value is -0.197. The molecule has 0 bridgehead atoms. The first-order valence-electron chi connectivity index (χ1n) is 7.91. The molecule has 0 heterocycles. The van der Waals surface area contributed by atoms with E-state index in [1.807, 2.05) is 37.2 Å². The molecule has 25 heavy (non-hydrogen) atoms. The Morgan fingerprint density at radius 3 is 2.48 bits per heavy atom. The van der Waals surface area contributed by atoms with Crippen LogP contribution in [0.1, 0.15) is 45.1 Å². The maximum absolute atomic E-state index is 12.3. The normalized spacial score (nSPS) is 20.2. The van der Waals surface area contributed by atoms with Gasteiger partial charge in [-0.15, -0.1) is 6.04 Å². The molecule has 1 N–H and O–H groups in total. The molecule has 1 saturated carbocycles. The summed E-state index contributed by atoms with van der Waals surface area (Å²) in [4.78, 5) is 0. The number of rotatable bonds is 6. The van der Waals surface area contributed by atoms with E-state index in [-0.39, 0.29) is 19.3 Å². The summed E-state index contributed by atoms with van der Waals surface area (Å²) in [5.74, 6) is 0.418. The van der Waals surface area contributed by atoms with Crippen molar-refractivity contribution in [2.24, 2.45) is 0 Å². The van der Waals surface area contributed by atoms with E-state index >= 15 is 0 Å². The first kappa shape index (κ1) is 24.8. The second-order valence-corrected chi connectivity index (χ2v) is 7.73. The van der Waals surface area contributed by atoms with Crippen molar-refractivity contribution in [1.29, 1.82) is 0 Å². The maximum atomic E-state index is 12.3. The quantitative estimate of drug-likeness (QED) is 0.420. The summed E-state index contributed by atoms with van der Waals surface area (Å²) in [7, 11) is 0.968. The van der Waals surface area contributed by atoms with Crippen LogP contribution in [0.4, 0.5) is 0 Å². The zero-order valence-corrected chi connectivity index (χ0v) is 18.2. The fraction of sp³-hybridized carbons (Fsp3) is 0.588. The Morgan fingerprint density at radius 2 is 1.88 bits per heavy atom. The number of nitrogens with zero attached hydrogens (tertiary/aromatic N) is 1. The standard InChI is InChI=1S/C16H24N2O3S.CH3.ClH.Ru/c1-12(2)21-16-10-6-3-7-13(16)11-22(19,20)18-15-9-5-4-8-14(15)17;;;/h3,6-7,10,12,14-15,17H,4-5,8-9,11H2,1-2H3;1H3;1H;/q-2;-1;;+4/p-1. The molecule has 0 spiro atoms. The van der Waals surface area contributed by atoms with Crippen LogP contribution in [-0.2, 0) is 33.1 Å². The fourth-order valence-corrected chi connectivity index (χ4v) is 4.04. The van der Waals surface area contributed by atoms with E-state index < -0.39 is 22.1 Å². The summed E-state index contributed by atoms with van der Waals surface area (Å²) in [6.45, 7) is 3.81. The summed E-state index contributed by atoms with van der Waals surface area (Å²) in [6.07, 6.45) is 3.35. The van der Waals surface area contributed by atoms with E-state index in [1.165, 1.54) is 0 Å². The first-order valence-corrected chi connectivity index (χ1v) is 11.8. The SMILES string of the molecule is CC(C)Oc1ccccc1CS(=O)(=O)[N-]C1CCCCC1[NH-].[CH3-].[Cl][Ru+3]. The Labute approximate surface area is 166 Å². The van der Waals surface area contributed by atoms with Crippen LogP contribution in [0.25, 0.3) is 10.5 Å². The molecule has 1 aromatic rings. The Balaban J connectivity index is 0.00000185. The molecule has 2 atom stereocenters. The number of hydrogen-bond donors (Lipinski definition) is 0. The van der Waals surface area contributed by atoms with Crippen LogP contribution in [0.5, 0.6) is 5.75 Å². The van der Waals surface area contributed by atoms with Crippen LogP contribution >= 0.6 is 9.69 Å². The van der Waals surface area contributed by atoms with Gasteiger partial charge < -0.3 is 22.6 Å². The minimum atomic E-state index is -3.60. The van der Waals surface area contributed by atoms with Crippen LogP contribution in [0.3, 0.4) is 0 Å². The summed E-state index contributed by atoms with van der Waals surface area (Å²) in [5.41, 5.74) is 8.56. The molecule has 0 aromatic heterocycles. The average Bonchev–Trinajstić information content (AvgIpc) is 2.53. The number of nitrogens with one attached hydrogen (secondary N) is 1. The van der Waals surface area contributed by atoms with Gasteiger partial charge in [0.25, 0.3) is 0 Å². The van der Waals surface area contributed by atoms with E-state index in [2.05, 4.69) is 14.4 Å². The van der Waals surface area contributed by atoms with Crippen molar-refractivity contribution in [3.05, 3.63) is 47.7 Å². The zero-order valence-electron chi connectivity index (χ0n) is 14.9. The van der Waals surface area contributed by atoms with Gasteiger partial charge in [-0.05, 0) is 19.9 Å². The first-order chi connectivity index (χ1) is 11.4. The third-order valence-corrected chi connectivity index (χ3v) is 4.97. The number of ether oxygens (including phenoxy) is 1. The third kappa shape index (κ3) is 8.83. The Morgan fingerprint density at radius 1 is 1.28 bits per heavy atom. The third-order valence-electron chi connectivity index (χ3n) is 3.70. The van der Waals surface area contributed by atoms with Gasteiger partial charge in [-0.1, -0.05) is 43.9 Å². The molecule has 1 fully saturated rings. The van der Waals surface area contributed by atoms with E-state index in [0.717, 1.165) is 19.3 Å². The van der Waals surface area contributed by atoms with Crippen molar-refractivity contribution in [3.63, 3.8) is 0 Å². The summed E-state index contributed by atoms with van der Waals surface area (Å²) in [5, 5.41) is 0.